The third-order valence-electron chi connectivity index (χ3n) is 3.33. The van der Waals surface area contributed by atoms with Gasteiger partial charge in [0.1, 0.15) is 0 Å². The molecular weight excluding hydrogens is 194 g/mol. The molecule has 0 spiro atoms. The topological polar surface area (TPSA) is 12.0 Å². The predicted octanol–water partition coefficient (Wildman–Crippen LogP) is 4.56. The summed E-state index contributed by atoms with van der Waals surface area (Å²) in [5.41, 5.74) is 2.91. The van der Waals surface area contributed by atoms with Crippen LogP contribution in [-0.4, -0.2) is 6.04 Å². The molecule has 0 radical (unpaired) electrons. The Hall–Kier alpha value is -0.720. The molecular formula is C15H27N. The number of hydrogen-bond donors (Lipinski definition) is 1. The van der Waals surface area contributed by atoms with E-state index in [2.05, 4.69) is 38.2 Å². The third-order valence-corrected chi connectivity index (χ3v) is 3.33. The average Bonchev–Trinajstić information content (AvgIpc) is 2.28. The van der Waals surface area contributed by atoms with E-state index in [1.165, 1.54) is 56.2 Å². The molecule has 0 aromatic heterocycles. The predicted molar refractivity (Wildman–Crippen MR) is 72.4 cm³/mol. The highest BCUT2D eigenvalue weighted by Crippen LogP contribution is 2.19. The van der Waals surface area contributed by atoms with Crippen LogP contribution in [0.5, 0.6) is 0 Å². The molecule has 1 unspecified atom stereocenters. The molecule has 0 saturated heterocycles. The first-order valence-corrected chi connectivity index (χ1v) is 6.92. The van der Waals surface area contributed by atoms with Crippen LogP contribution in [-0.2, 0) is 0 Å². The zero-order valence-electron chi connectivity index (χ0n) is 11.2. The van der Waals surface area contributed by atoms with Crippen LogP contribution in [0.25, 0.3) is 0 Å². The van der Waals surface area contributed by atoms with E-state index >= 15 is 0 Å². The van der Waals surface area contributed by atoms with Gasteiger partial charge in [0, 0.05) is 11.7 Å². The fraction of sp³-hybridized carbons (Fsp3) is 0.733. The van der Waals surface area contributed by atoms with Crippen molar-refractivity contribution in [3.8, 4) is 0 Å². The van der Waals surface area contributed by atoms with Crippen LogP contribution in [0.1, 0.15) is 65.7 Å². The maximum Gasteiger partial charge on any atom is 0.0444 e. The molecule has 0 saturated carbocycles. The fourth-order valence-electron chi connectivity index (χ4n) is 2.20. The van der Waals surface area contributed by atoms with Gasteiger partial charge in [0.15, 0.2) is 0 Å². The van der Waals surface area contributed by atoms with E-state index in [9.17, 15) is 0 Å². The lowest BCUT2D eigenvalue weighted by molar-refractivity contribution is 0.554. The SMILES string of the molecule is CCCCCC1C=CC(CCCC)=C(C)N1. The van der Waals surface area contributed by atoms with Crippen molar-refractivity contribution in [1.29, 1.82) is 0 Å². The van der Waals surface area contributed by atoms with Gasteiger partial charge in [0.2, 0.25) is 0 Å². The van der Waals surface area contributed by atoms with E-state index in [1.54, 1.807) is 0 Å². The Morgan fingerprint density at radius 2 is 1.88 bits per heavy atom. The van der Waals surface area contributed by atoms with Crippen LogP contribution in [0.4, 0.5) is 0 Å². The van der Waals surface area contributed by atoms with E-state index in [1.807, 2.05) is 0 Å². The summed E-state index contributed by atoms with van der Waals surface area (Å²) in [6.07, 6.45) is 13.8. The van der Waals surface area contributed by atoms with Crippen molar-refractivity contribution >= 4 is 0 Å². The quantitative estimate of drug-likeness (QED) is 0.621. The zero-order chi connectivity index (χ0) is 11.8. The molecule has 0 amide bonds. The largest absolute Gasteiger partial charge is 0.382 e. The van der Waals surface area contributed by atoms with Crippen molar-refractivity contribution in [1.82, 2.24) is 5.32 Å². The first kappa shape index (κ1) is 13.3. The molecule has 0 aromatic rings. The van der Waals surface area contributed by atoms with Crippen LogP contribution in [0, 0.1) is 0 Å². The Morgan fingerprint density at radius 3 is 2.50 bits per heavy atom. The molecule has 1 N–H and O–H groups in total. The minimum absolute atomic E-state index is 0.580. The molecule has 16 heavy (non-hydrogen) atoms. The van der Waals surface area contributed by atoms with Crippen LogP contribution in [0.2, 0.25) is 0 Å². The van der Waals surface area contributed by atoms with Gasteiger partial charge in [-0.15, -0.1) is 0 Å². The minimum atomic E-state index is 0.580. The van der Waals surface area contributed by atoms with E-state index in [0.717, 1.165) is 0 Å². The molecule has 0 fully saturated rings. The first-order valence-electron chi connectivity index (χ1n) is 6.92. The average molecular weight is 221 g/mol. The van der Waals surface area contributed by atoms with Crippen molar-refractivity contribution in [3.63, 3.8) is 0 Å². The number of rotatable bonds is 7. The molecule has 1 heteroatoms. The highest BCUT2D eigenvalue weighted by molar-refractivity contribution is 5.29. The first-order chi connectivity index (χ1) is 7.77. The second-order valence-electron chi connectivity index (χ2n) is 4.86. The summed E-state index contributed by atoms with van der Waals surface area (Å²) in [4.78, 5) is 0. The summed E-state index contributed by atoms with van der Waals surface area (Å²) in [7, 11) is 0. The summed E-state index contributed by atoms with van der Waals surface area (Å²) in [6.45, 7) is 6.74. The van der Waals surface area contributed by atoms with Crippen molar-refractivity contribution in [2.45, 2.75) is 71.8 Å². The van der Waals surface area contributed by atoms with Gasteiger partial charge in [-0.25, -0.2) is 0 Å². The standard InChI is InChI=1S/C15H27N/c1-4-6-8-10-15-12-11-14(9-7-5-2)13(3)16-15/h11-12,15-16H,4-10H2,1-3H3. The molecule has 1 atom stereocenters. The van der Waals surface area contributed by atoms with E-state index in [-0.39, 0.29) is 0 Å². The second kappa shape index (κ2) is 7.54. The molecule has 1 nitrogen and oxygen atoms in total. The van der Waals surface area contributed by atoms with Gasteiger partial charge in [-0.3, -0.25) is 0 Å². The highest BCUT2D eigenvalue weighted by Gasteiger charge is 2.11. The Labute approximate surface area is 101 Å². The highest BCUT2D eigenvalue weighted by atomic mass is 14.9. The minimum Gasteiger partial charge on any atom is -0.382 e. The van der Waals surface area contributed by atoms with Gasteiger partial charge < -0.3 is 5.32 Å². The summed E-state index contributed by atoms with van der Waals surface area (Å²) >= 11 is 0. The van der Waals surface area contributed by atoms with Gasteiger partial charge >= 0.3 is 0 Å². The summed E-state index contributed by atoms with van der Waals surface area (Å²) in [6, 6.07) is 0.580. The van der Waals surface area contributed by atoms with Crippen molar-refractivity contribution < 1.29 is 0 Å². The van der Waals surface area contributed by atoms with Gasteiger partial charge in [-0.2, -0.15) is 0 Å². The number of allylic oxidation sites excluding steroid dienone is 3. The molecule has 0 bridgehead atoms. The van der Waals surface area contributed by atoms with Crippen molar-refractivity contribution in [2.75, 3.05) is 0 Å². The Bertz CT molecular complexity index is 250. The zero-order valence-corrected chi connectivity index (χ0v) is 11.2. The summed E-state index contributed by atoms with van der Waals surface area (Å²) < 4.78 is 0. The maximum absolute atomic E-state index is 3.63. The van der Waals surface area contributed by atoms with Crippen molar-refractivity contribution in [3.05, 3.63) is 23.4 Å². The van der Waals surface area contributed by atoms with Gasteiger partial charge in [-0.1, -0.05) is 51.7 Å². The van der Waals surface area contributed by atoms with Gasteiger partial charge in [0.25, 0.3) is 0 Å². The normalized spacial score (nSPS) is 20.1. The number of dihydropyridines is 1. The van der Waals surface area contributed by atoms with Crippen LogP contribution in [0.15, 0.2) is 23.4 Å². The molecule has 92 valence electrons. The number of nitrogens with one attached hydrogen (secondary N) is 1. The van der Waals surface area contributed by atoms with Crippen molar-refractivity contribution in [2.24, 2.45) is 0 Å². The lowest BCUT2D eigenvalue weighted by atomic mass is 9.99. The van der Waals surface area contributed by atoms with Gasteiger partial charge in [0.05, 0.1) is 0 Å². The number of unbranched alkanes of at least 4 members (excludes halogenated alkanes) is 3. The van der Waals surface area contributed by atoms with Crippen LogP contribution in [0.3, 0.4) is 0 Å². The Kier molecular flexibility index (Phi) is 6.29. The monoisotopic (exact) mass is 221 g/mol. The van der Waals surface area contributed by atoms with Gasteiger partial charge in [-0.05, 0) is 31.8 Å². The van der Waals surface area contributed by atoms with E-state index in [0.29, 0.717) is 6.04 Å². The third kappa shape index (κ3) is 4.42. The lowest BCUT2D eigenvalue weighted by Crippen LogP contribution is -2.28. The van der Waals surface area contributed by atoms with Crippen LogP contribution < -0.4 is 5.32 Å². The summed E-state index contributed by atoms with van der Waals surface area (Å²) in [5.74, 6) is 0. The Balaban J connectivity index is 2.34. The summed E-state index contributed by atoms with van der Waals surface area (Å²) in [5, 5.41) is 3.63. The molecule has 1 heterocycles. The fourth-order valence-corrected chi connectivity index (χ4v) is 2.20. The van der Waals surface area contributed by atoms with E-state index in [4.69, 9.17) is 0 Å². The molecule has 0 aromatic carbocycles. The smallest absolute Gasteiger partial charge is 0.0444 e. The Morgan fingerprint density at radius 1 is 1.12 bits per heavy atom. The second-order valence-corrected chi connectivity index (χ2v) is 4.86. The van der Waals surface area contributed by atoms with Crippen LogP contribution >= 0.6 is 0 Å². The molecule has 1 aliphatic rings. The lowest BCUT2D eigenvalue weighted by Gasteiger charge is -2.23. The van der Waals surface area contributed by atoms with E-state index < -0.39 is 0 Å². The maximum atomic E-state index is 3.63. The molecule has 0 aliphatic carbocycles. The number of hydrogen-bond acceptors (Lipinski definition) is 1. The molecule has 1 aliphatic heterocycles. The molecule has 1 rings (SSSR count).